The molecular weight excluding hydrogens is 282 g/mol. The second kappa shape index (κ2) is 11.3. The maximum atomic E-state index is 12.4. The van der Waals surface area contributed by atoms with Crippen molar-refractivity contribution >= 4 is 5.91 Å². The molecule has 0 aliphatic carbocycles. The van der Waals surface area contributed by atoms with Gasteiger partial charge in [-0.25, -0.2) is 0 Å². The Kier molecular flexibility index (Phi) is 9.66. The fourth-order valence-corrected chi connectivity index (χ4v) is 3.10. The Morgan fingerprint density at radius 2 is 1.52 bits per heavy atom. The molecule has 1 rings (SSSR count). The van der Waals surface area contributed by atoms with Crippen LogP contribution in [0.4, 0.5) is 0 Å². The highest BCUT2D eigenvalue weighted by Crippen LogP contribution is 2.22. The molecule has 1 N–H and O–H groups in total. The zero-order valence-corrected chi connectivity index (χ0v) is 15.4. The predicted molar refractivity (Wildman–Crippen MR) is 99.6 cm³/mol. The maximum Gasteiger partial charge on any atom is 0.224 e. The van der Waals surface area contributed by atoms with Crippen LogP contribution in [-0.2, 0) is 11.2 Å². The highest BCUT2D eigenvalue weighted by molar-refractivity contribution is 5.79. The van der Waals surface area contributed by atoms with Crippen LogP contribution in [0.25, 0.3) is 0 Å². The topological polar surface area (TPSA) is 29.1 Å². The van der Waals surface area contributed by atoms with Crippen LogP contribution >= 0.6 is 0 Å². The average Bonchev–Trinajstić information content (AvgIpc) is 2.53. The molecule has 130 valence electrons. The smallest absolute Gasteiger partial charge is 0.224 e. The van der Waals surface area contributed by atoms with Crippen molar-refractivity contribution in [3.8, 4) is 0 Å². The van der Waals surface area contributed by atoms with Gasteiger partial charge in [-0.3, -0.25) is 4.79 Å². The van der Waals surface area contributed by atoms with E-state index in [-0.39, 0.29) is 11.4 Å². The molecule has 0 aliphatic heterocycles. The minimum atomic E-state index is -0.0475. The van der Waals surface area contributed by atoms with Gasteiger partial charge in [0.05, 0.1) is 6.42 Å². The zero-order chi connectivity index (χ0) is 17.0. The summed E-state index contributed by atoms with van der Waals surface area (Å²) in [6, 6.07) is 10.0. The van der Waals surface area contributed by atoms with Crippen molar-refractivity contribution in [2.75, 3.05) is 0 Å². The lowest BCUT2D eigenvalue weighted by Gasteiger charge is -2.31. The summed E-state index contributed by atoms with van der Waals surface area (Å²) in [5, 5.41) is 3.33. The molecule has 0 radical (unpaired) electrons. The summed E-state index contributed by atoms with van der Waals surface area (Å²) in [6.45, 7) is 6.69. The first kappa shape index (κ1) is 19.7. The second-order valence-electron chi connectivity index (χ2n) is 7.04. The van der Waals surface area contributed by atoms with E-state index in [1.54, 1.807) is 0 Å². The van der Waals surface area contributed by atoms with Crippen LogP contribution in [0.1, 0.15) is 84.1 Å². The number of hydrogen-bond donors (Lipinski definition) is 1. The van der Waals surface area contributed by atoms with Crippen molar-refractivity contribution in [1.29, 1.82) is 0 Å². The van der Waals surface area contributed by atoms with Crippen LogP contribution in [-0.4, -0.2) is 11.4 Å². The van der Waals surface area contributed by atoms with Gasteiger partial charge in [-0.15, -0.1) is 0 Å². The first-order chi connectivity index (χ1) is 11.1. The summed E-state index contributed by atoms with van der Waals surface area (Å²) in [7, 11) is 0. The molecule has 0 heterocycles. The molecule has 0 fully saturated rings. The van der Waals surface area contributed by atoms with Gasteiger partial charge in [0.15, 0.2) is 0 Å². The van der Waals surface area contributed by atoms with E-state index in [4.69, 9.17) is 0 Å². The fraction of sp³-hybridized carbons (Fsp3) is 0.667. The SMILES string of the molecule is CCCCCCCC(C)(CCCC)NC(=O)Cc1ccccc1. The first-order valence-corrected chi connectivity index (χ1v) is 9.44. The van der Waals surface area contributed by atoms with Gasteiger partial charge in [-0.2, -0.15) is 0 Å². The Hall–Kier alpha value is -1.31. The third-order valence-electron chi connectivity index (χ3n) is 4.56. The quantitative estimate of drug-likeness (QED) is 0.495. The number of nitrogens with one attached hydrogen (secondary N) is 1. The Morgan fingerprint density at radius 1 is 0.913 bits per heavy atom. The van der Waals surface area contributed by atoms with Gasteiger partial charge < -0.3 is 5.32 Å². The number of rotatable bonds is 12. The lowest BCUT2D eigenvalue weighted by atomic mass is 9.88. The van der Waals surface area contributed by atoms with E-state index in [0.29, 0.717) is 6.42 Å². The number of hydrogen-bond acceptors (Lipinski definition) is 1. The largest absolute Gasteiger partial charge is 0.351 e. The van der Waals surface area contributed by atoms with Gasteiger partial charge in [-0.05, 0) is 25.3 Å². The van der Waals surface area contributed by atoms with E-state index >= 15 is 0 Å². The number of amides is 1. The van der Waals surface area contributed by atoms with E-state index in [2.05, 4.69) is 26.1 Å². The third-order valence-corrected chi connectivity index (χ3v) is 4.56. The maximum absolute atomic E-state index is 12.4. The van der Waals surface area contributed by atoms with Crippen LogP contribution in [0.5, 0.6) is 0 Å². The van der Waals surface area contributed by atoms with Gasteiger partial charge in [0.2, 0.25) is 5.91 Å². The molecular formula is C21H35NO. The van der Waals surface area contributed by atoms with E-state index in [9.17, 15) is 4.79 Å². The lowest BCUT2D eigenvalue weighted by molar-refractivity contribution is -0.122. The number of carbonyl (C=O) groups excluding carboxylic acids is 1. The zero-order valence-electron chi connectivity index (χ0n) is 15.4. The van der Waals surface area contributed by atoms with Crippen LogP contribution in [0.2, 0.25) is 0 Å². The molecule has 0 saturated heterocycles. The van der Waals surface area contributed by atoms with Gasteiger partial charge in [-0.1, -0.05) is 89.1 Å². The van der Waals surface area contributed by atoms with Crippen LogP contribution in [0.3, 0.4) is 0 Å². The summed E-state index contributed by atoms with van der Waals surface area (Å²) >= 11 is 0. The first-order valence-electron chi connectivity index (χ1n) is 9.44. The summed E-state index contributed by atoms with van der Waals surface area (Å²) in [6.07, 6.45) is 11.4. The van der Waals surface area contributed by atoms with Crippen molar-refractivity contribution in [3.05, 3.63) is 35.9 Å². The van der Waals surface area contributed by atoms with Gasteiger partial charge in [0, 0.05) is 5.54 Å². The average molecular weight is 318 g/mol. The predicted octanol–water partition coefficient (Wildman–Crippen LogP) is 5.65. The van der Waals surface area contributed by atoms with Crippen molar-refractivity contribution < 1.29 is 4.79 Å². The van der Waals surface area contributed by atoms with Gasteiger partial charge in [0.25, 0.3) is 0 Å². The molecule has 1 aromatic carbocycles. The molecule has 0 spiro atoms. The molecule has 0 bridgehead atoms. The lowest BCUT2D eigenvalue weighted by Crippen LogP contribution is -2.46. The summed E-state index contributed by atoms with van der Waals surface area (Å²) in [5.74, 6) is 0.156. The standard InChI is InChI=1S/C21H35NO/c1-4-6-8-9-13-17-21(3,16-7-5-2)22-20(23)18-19-14-11-10-12-15-19/h10-12,14-15H,4-9,13,16-18H2,1-3H3,(H,22,23). The van der Waals surface area contributed by atoms with Crippen LogP contribution in [0, 0.1) is 0 Å². The normalized spacial score (nSPS) is 13.5. The highest BCUT2D eigenvalue weighted by Gasteiger charge is 2.25. The minimum Gasteiger partial charge on any atom is -0.351 e. The highest BCUT2D eigenvalue weighted by atomic mass is 16.1. The number of benzene rings is 1. The van der Waals surface area contributed by atoms with Gasteiger partial charge >= 0.3 is 0 Å². The van der Waals surface area contributed by atoms with E-state index in [1.807, 2.05) is 30.3 Å². The van der Waals surface area contributed by atoms with Crippen molar-refractivity contribution in [1.82, 2.24) is 5.32 Å². The molecule has 1 atom stereocenters. The summed E-state index contributed by atoms with van der Waals surface area (Å²) in [4.78, 5) is 12.4. The van der Waals surface area contributed by atoms with Gasteiger partial charge in [0.1, 0.15) is 0 Å². The summed E-state index contributed by atoms with van der Waals surface area (Å²) in [5.41, 5.74) is 1.04. The molecule has 23 heavy (non-hydrogen) atoms. The van der Waals surface area contributed by atoms with Crippen molar-refractivity contribution in [3.63, 3.8) is 0 Å². The Labute approximate surface area is 143 Å². The number of carbonyl (C=O) groups is 1. The molecule has 2 heteroatoms. The second-order valence-corrected chi connectivity index (χ2v) is 7.04. The van der Waals surface area contributed by atoms with E-state index in [1.165, 1.54) is 44.9 Å². The monoisotopic (exact) mass is 317 g/mol. The molecule has 0 aromatic heterocycles. The minimum absolute atomic E-state index is 0.0475. The van der Waals surface area contributed by atoms with E-state index in [0.717, 1.165) is 18.4 Å². The molecule has 2 nitrogen and oxygen atoms in total. The summed E-state index contributed by atoms with van der Waals surface area (Å²) < 4.78 is 0. The molecule has 0 saturated carbocycles. The van der Waals surface area contributed by atoms with Crippen molar-refractivity contribution in [2.24, 2.45) is 0 Å². The Morgan fingerprint density at radius 3 is 2.17 bits per heavy atom. The molecule has 1 aromatic rings. The number of unbranched alkanes of at least 4 members (excludes halogenated alkanes) is 5. The Balaban J connectivity index is 2.49. The fourth-order valence-electron chi connectivity index (χ4n) is 3.10. The van der Waals surface area contributed by atoms with Crippen molar-refractivity contribution in [2.45, 2.75) is 90.5 Å². The third kappa shape index (κ3) is 8.78. The molecule has 0 aliphatic rings. The van der Waals surface area contributed by atoms with Crippen LogP contribution in [0.15, 0.2) is 30.3 Å². The Bertz CT molecular complexity index is 429. The molecule has 1 amide bonds. The molecule has 1 unspecified atom stereocenters. The van der Waals surface area contributed by atoms with E-state index < -0.39 is 0 Å². The van der Waals surface area contributed by atoms with Crippen LogP contribution < -0.4 is 5.32 Å².